The van der Waals surface area contributed by atoms with E-state index in [0.29, 0.717) is 19.6 Å². The fourth-order valence-corrected chi connectivity index (χ4v) is 2.60. The van der Waals surface area contributed by atoms with Crippen LogP contribution >= 0.6 is 0 Å². The van der Waals surface area contributed by atoms with Crippen LogP contribution in [0.15, 0.2) is 18.2 Å². The molecule has 0 saturated carbocycles. The molecule has 1 atom stereocenters. The Morgan fingerprint density at radius 1 is 1.27 bits per heavy atom. The first kappa shape index (κ1) is 16.5. The molecule has 1 aromatic rings. The van der Waals surface area contributed by atoms with Crippen LogP contribution in [0.1, 0.15) is 36.5 Å². The van der Waals surface area contributed by atoms with E-state index < -0.39 is 11.6 Å². The Labute approximate surface area is 128 Å². The average molecular weight is 310 g/mol. The maximum Gasteiger partial charge on any atom is 0.223 e. The van der Waals surface area contributed by atoms with Crippen LogP contribution in [0.2, 0.25) is 0 Å². The topological polar surface area (TPSA) is 63.4 Å². The highest BCUT2D eigenvalue weighted by Crippen LogP contribution is 2.29. The number of carbonyl (C=O) groups excluding carboxylic acids is 2. The molecule has 0 bridgehead atoms. The molecule has 1 aliphatic heterocycles. The van der Waals surface area contributed by atoms with E-state index in [1.165, 1.54) is 6.07 Å². The van der Waals surface area contributed by atoms with Gasteiger partial charge in [-0.1, -0.05) is 6.92 Å². The average Bonchev–Trinajstić information content (AvgIpc) is 2.90. The van der Waals surface area contributed by atoms with Gasteiger partial charge in [0.2, 0.25) is 5.91 Å². The maximum atomic E-state index is 13.1. The number of nitrogens with two attached hydrogens (primary N) is 1. The standard InChI is InChI=1S/C16H20F2N2O2/c1-16(9-19)6-7-20(10-16)15(22)5-4-14(21)11-2-3-12(17)13(18)8-11/h2-3,8H,4-7,9-10,19H2,1H3. The van der Waals surface area contributed by atoms with Crippen LogP contribution in [0, 0.1) is 17.0 Å². The van der Waals surface area contributed by atoms with Crippen LogP contribution in [-0.4, -0.2) is 36.2 Å². The van der Waals surface area contributed by atoms with Crippen molar-refractivity contribution < 1.29 is 18.4 Å². The fourth-order valence-electron chi connectivity index (χ4n) is 2.60. The van der Waals surface area contributed by atoms with Gasteiger partial charge in [-0.05, 0) is 36.6 Å². The first-order valence-electron chi connectivity index (χ1n) is 7.31. The minimum atomic E-state index is -1.06. The van der Waals surface area contributed by atoms with E-state index in [0.717, 1.165) is 18.6 Å². The van der Waals surface area contributed by atoms with Gasteiger partial charge in [0.15, 0.2) is 17.4 Å². The van der Waals surface area contributed by atoms with E-state index >= 15 is 0 Å². The Kier molecular flexibility index (Phi) is 4.90. The minimum Gasteiger partial charge on any atom is -0.342 e. The summed E-state index contributed by atoms with van der Waals surface area (Å²) in [6.45, 7) is 3.80. The van der Waals surface area contributed by atoms with Gasteiger partial charge in [-0.15, -0.1) is 0 Å². The summed E-state index contributed by atoms with van der Waals surface area (Å²) in [5, 5.41) is 0. The molecule has 0 spiro atoms. The summed E-state index contributed by atoms with van der Waals surface area (Å²) >= 11 is 0. The number of hydrogen-bond donors (Lipinski definition) is 1. The minimum absolute atomic E-state index is 0.0141. The lowest BCUT2D eigenvalue weighted by Crippen LogP contribution is -2.34. The SMILES string of the molecule is CC1(CN)CCN(C(=O)CCC(=O)c2ccc(F)c(F)c2)C1. The second-order valence-corrected chi connectivity index (χ2v) is 6.13. The number of carbonyl (C=O) groups is 2. The molecular weight excluding hydrogens is 290 g/mol. The number of nitrogens with zero attached hydrogens (tertiary/aromatic N) is 1. The molecule has 1 saturated heterocycles. The number of halogens is 2. The second-order valence-electron chi connectivity index (χ2n) is 6.13. The lowest BCUT2D eigenvalue weighted by atomic mass is 9.90. The van der Waals surface area contributed by atoms with E-state index in [1.807, 2.05) is 6.92 Å². The van der Waals surface area contributed by atoms with Crippen molar-refractivity contribution in [1.29, 1.82) is 0 Å². The van der Waals surface area contributed by atoms with Crippen LogP contribution in [-0.2, 0) is 4.79 Å². The van der Waals surface area contributed by atoms with Crippen molar-refractivity contribution >= 4 is 11.7 Å². The van der Waals surface area contributed by atoms with E-state index in [2.05, 4.69) is 0 Å². The Bertz CT molecular complexity index is 592. The van der Waals surface area contributed by atoms with Crippen molar-refractivity contribution in [1.82, 2.24) is 4.90 Å². The molecule has 0 radical (unpaired) electrons. The lowest BCUT2D eigenvalue weighted by molar-refractivity contribution is -0.130. The predicted octanol–water partition coefficient (Wildman–Crippen LogP) is 2.12. The van der Waals surface area contributed by atoms with Gasteiger partial charge in [0.25, 0.3) is 0 Å². The molecule has 6 heteroatoms. The van der Waals surface area contributed by atoms with E-state index in [9.17, 15) is 18.4 Å². The highest BCUT2D eigenvalue weighted by molar-refractivity contribution is 5.97. The first-order chi connectivity index (χ1) is 10.3. The maximum absolute atomic E-state index is 13.1. The third kappa shape index (κ3) is 3.68. The molecule has 1 fully saturated rings. The summed E-state index contributed by atoms with van der Waals surface area (Å²) in [5.74, 6) is -2.53. The van der Waals surface area contributed by atoms with Gasteiger partial charge in [0, 0.05) is 31.5 Å². The van der Waals surface area contributed by atoms with Crippen molar-refractivity contribution in [2.24, 2.45) is 11.1 Å². The van der Waals surface area contributed by atoms with Gasteiger partial charge < -0.3 is 10.6 Å². The van der Waals surface area contributed by atoms with E-state index in [4.69, 9.17) is 5.73 Å². The Hall–Kier alpha value is -1.82. The Morgan fingerprint density at radius 2 is 2.00 bits per heavy atom. The largest absolute Gasteiger partial charge is 0.342 e. The summed E-state index contributed by atoms with van der Waals surface area (Å²) in [6.07, 6.45) is 0.907. The molecule has 22 heavy (non-hydrogen) atoms. The molecule has 1 unspecified atom stereocenters. The predicted molar refractivity (Wildman–Crippen MR) is 78.3 cm³/mol. The molecule has 2 N–H and O–H groups in total. The van der Waals surface area contributed by atoms with Gasteiger partial charge >= 0.3 is 0 Å². The van der Waals surface area contributed by atoms with Crippen molar-refractivity contribution in [3.05, 3.63) is 35.4 Å². The van der Waals surface area contributed by atoms with Crippen molar-refractivity contribution in [3.8, 4) is 0 Å². The third-order valence-electron chi connectivity index (χ3n) is 4.21. The first-order valence-corrected chi connectivity index (χ1v) is 7.31. The Morgan fingerprint density at radius 3 is 2.59 bits per heavy atom. The van der Waals surface area contributed by atoms with Crippen LogP contribution in [0.3, 0.4) is 0 Å². The summed E-state index contributed by atoms with van der Waals surface area (Å²) in [5.41, 5.74) is 5.72. The molecule has 1 aromatic carbocycles. The molecule has 0 aliphatic carbocycles. The van der Waals surface area contributed by atoms with Gasteiger partial charge in [-0.3, -0.25) is 9.59 Å². The lowest BCUT2D eigenvalue weighted by Gasteiger charge is -2.22. The third-order valence-corrected chi connectivity index (χ3v) is 4.21. The number of hydrogen-bond acceptors (Lipinski definition) is 3. The van der Waals surface area contributed by atoms with Gasteiger partial charge in [0.05, 0.1) is 0 Å². The quantitative estimate of drug-likeness (QED) is 0.847. The number of amides is 1. The molecule has 4 nitrogen and oxygen atoms in total. The number of benzene rings is 1. The number of rotatable bonds is 5. The zero-order valence-electron chi connectivity index (χ0n) is 12.6. The zero-order valence-corrected chi connectivity index (χ0v) is 12.6. The van der Waals surface area contributed by atoms with Crippen molar-refractivity contribution in [3.63, 3.8) is 0 Å². The summed E-state index contributed by atoms with van der Waals surface area (Å²) in [6, 6.07) is 3.01. The van der Waals surface area contributed by atoms with Crippen molar-refractivity contribution in [2.45, 2.75) is 26.2 Å². The van der Waals surface area contributed by atoms with Crippen LogP contribution in [0.25, 0.3) is 0 Å². The van der Waals surface area contributed by atoms with E-state index in [-0.39, 0.29) is 35.5 Å². The number of Topliss-reactive ketones (excluding diaryl/α,β-unsaturated/α-hetero) is 1. The fraction of sp³-hybridized carbons (Fsp3) is 0.500. The summed E-state index contributed by atoms with van der Waals surface area (Å²) in [4.78, 5) is 25.7. The molecule has 1 aliphatic rings. The zero-order chi connectivity index (χ0) is 16.3. The van der Waals surface area contributed by atoms with Gasteiger partial charge in [-0.25, -0.2) is 8.78 Å². The van der Waals surface area contributed by atoms with Gasteiger partial charge in [-0.2, -0.15) is 0 Å². The monoisotopic (exact) mass is 310 g/mol. The van der Waals surface area contributed by atoms with Crippen LogP contribution in [0.4, 0.5) is 8.78 Å². The molecule has 2 rings (SSSR count). The highest BCUT2D eigenvalue weighted by atomic mass is 19.2. The van der Waals surface area contributed by atoms with E-state index in [1.54, 1.807) is 4.90 Å². The molecule has 120 valence electrons. The summed E-state index contributed by atoms with van der Waals surface area (Å²) < 4.78 is 25.9. The van der Waals surface area contributed by atoms with Crippen LogP contribution < -0.4 is 5.73 Å². The molecule has 1 amide bonds. The second kappa shape index (κ2) is 6.52. The normalized spacial score (nSPS) is 21.2. The van der Waals surface area contributed by atoms with Crippen LogP contribution in [0.5, 0.6) is 0 Å². The molecule has 0 aromatic heterocycles. The highest BCUT2D eigenvalue weighted by Gasteiger charge is 2.34. The molecule has 1 heterocycles. The smallest absolute Gasteiger partial charge is 0.223 e. The van der Waals surface area contributed by atoms with Crippen molar-refractivity contribution in [2.75, 3.05) is 19.6 Å². The van der Waals surface area contributed by atoms with Gasteiger partial charge in [0.1, 0.15) is 0 Å². The number of ketones is 1. The summed E-state index contributed by atoms with van der Waals surface area (Å²) in [7, 11) is 0. The number of likely N-dealkylation sites (tertiary alicyclic amines) is 1. The Balaban J connectivity index is 1.88. The molecular formula is C16H20F2N2O2.